The summed E-state index contributed by atoms with van der Waals surface area (Å²) in [5.74, 6) is 0.813. The van der Waals surface area contributed by atoms with Crippen LogP contribution in [0.25, 0.3) is 5.69 Å². The molecular formula is C18H22N4O3S. The van der Waals surface area contributed by atoms with E-state index in [0.29, 0.717) is 25.4 Å². The molecule has 8 heteroatoms. The third-order valence-corrected chi connectivity index (χ3v) is 5.02. The number of rotatable bonds is 6. The number of carbonyl (C=O) groups excluding carboxylic acids is 2. The number of methoxy groups -OCH3 is 1. The number of nitrogens with one attached hydrogen (secondary N) is 2. The van der Waals surface area contributed by atoms with Gasteiger partial charge in [0.15, 0.2) is 0 Å². The summed E-state index contributed by atoms with van der Waals surface area (Å²) < 4.78 is 6.64. The molecule has 0 fully saturated rings. The summed E-state index contributed by atoms with van der Waals surface area (Å²) in [6.45, 7) is 2.93. The second kappa shape index (κ2) is 8.37. The first-order valence-electron chi connectivity index (χ1n) is 8.44. The van der Waals surface area contributed by atoms with Crippen LogP contribution in [-0.2, 0) is 25.8 Å². The predicted molar refractivity (Wildman–Crippen MR) is 101 cm³/mol. The number of fused-ring (bicyclic) bond motifs is 1. The first-order chi connectivity index (χ1) is 12.6. The fraction of sp³-hybridized carbons (Fsp3) is 0.389. The molecule has 1 aliphatic heterocycles. The maximum absolute atomic E-state index is 12.3. The van der Waals surface area contributed by atoms with E-state index >= 15 is 0 Å². The standard InChI is InChI=1S/C18H22N4O3S/c1-12-5-3-6-13(9-12)22-16(14-10-26-11-15(14)21-22)20-18(24)17(23)19-7-4-8-25-2/h3,5-6,9H,4,7-8,10-11H2,1-2H3,(H,19,23)(H,20,24). The zero-order valence-electron chi connectivity index (χ0n) is 14.9. The van der Waals surface area contributed by atoms with Gasteiger partial charge in [0, 0.05) is 37.3 Å². The van der Waals surface area contributed by atoms with Gasteiger partial charge in [-0.1, -0.05) is 12.1 Å². The van der Waals surface area contributed by atoms with Crippen molar-refractivity contribution in [2.45, 2.75) is 24.9 Å². The monoisotopic (exact) mass is 374 g/mol. The van der Waals surface area contributed by atoms with Crippen LogP contribution < -0.4 is 10.6 Å². The van der Waals surface area contributed by atoms with Gasteiger partial charge in [-0.2, -0.15) is 16.9 Å². The van der Waals surface area contributed by atoms with Crippen LogP contribution in [0.3, 0.4) is 0 Å². The molecule has 0 saturated carbocycles. The molecule has 1 aliphatic rings. The van der Waals surface area contributed by atoms with Crippen LogP contribution in [0.2, 0.25) is 0 Å². The van der Waals surface area contributed by atoms with E-state index in [4.69, 9.17) is 4.74 Å². The van der Waals surface area contributed by atoms with Crippen LogP contribution in [0.4, 0.5) is 5.82 Å². The van der Waals surface area contributed by atoms with Gasteiger partial charge in [-0.3, -0.25) is 9.59 Å². The Morgan fingerprint density at radius 3 is 2.92 bits per heavy atom. The van der Waals surface area contributed by atoms with E-state index in [1.54, 1.807) is 23.6 Å². The lowest BCUT2D eigenvalue weighted by atomic mass is 10.2. The Morgan fingerprint density at radius 2 is 2.15 bits per heavy atom. The number of amides is 2. The molecule has 2 N–H and O–H groups in total. The molecule has 0 atom stereocenters. The summed E-state index contributed by atoms with van der Waals surface area (Å²) in [4.78, 5) is 24.4. The van der Waals surface area contributed by atoms with Gasteiger partial charge >= 0.3 is 11.8 Å². The highest BCUT2D eigenvalue weighted by atomic mass is 32.2. The summed E-state index contributed by atoms with van der Waals surface area (Å²) in [6, 6.07) is 7.88. The first-order valence-corrected chi connectivity index (χ1v) is 9.59. The highest BCUT2D eigenvalue weighted by molar-refractivity contribution is 7.98. The van der Waals surface area contributed by atoms with E-state index < -0.39 is 11.8 Å². The van der Waals surface area contributed by atoms with E-state index in [0.717, 1.165) is 34.0 Å². The molecule has 0 radical (unpaired) electrons. The number of carbonyl (C=O) groups is 2. The molecule has 138 valence electrons. The Hall–Kier alpha value is -2.32. The maximum Gasteiger partial charge on any atom is 0.314 e. The fourth-order valence-electron chi connectivity index (χ4n) is 2.75. The van der Waals surface area contributed by atoms with Crippen molar-refractivity contribution < 1.29 is 14.3 Å². The number of aryl methyl sites for hydroxylation is 1. The van der Waals surface area contributed by atoms with Crippen molar-refractivity contribution in [1.82, 2.24) is 15.1 Å². The maximum atomic E-state index is 12.3. The molecular weight excluding hydrogens is 352 g/mol. The molecule has 26 heavy (non-hydrogen) atoms. The molecule has 7 nitrogen and oxygen atoms in total. The van der Waals surface area contributed by atoms with Gasteiger partial charge < -0.3 is 15.4 Å². The Labute approximate surface area is 156 Å². The van der Waals surface area contributed by atoms with Gasteiger partial charge in [0.25, 0.3) is 0 Å². The van der Waals surface area contributed by atoms with Crippen LogP contribution in [0.5, 0.6) is 0 Å². The summed E-state index contributed by atoms with van der Waals surface area (Å²) >= 11 is 1.74. The lowest BCUT2D eigenvalue weighted by molar-refractivity contribution is -0.136. The van der Waals surface area contributed by atoms with Gasteiger partial charge in [-0.05, 0) is 31.0 Å². The molecule has 0 bridgehead atoms. The number of ether oxygens (including phenoxy) is 1. The number of benzene rings is 1. The Kier molecular flexibility index (Phi) is 5.95. The molecule has 2 amide bonds. The van der Waals surface area contributed by atoms with E-state index in [1.807, 2.05) is 31.2 Å². The van der Waals surface area contributed by atoms with Crippen molar-refractivity contribution in [2.24, 2.45) is 0 Å². The van der Waals surface area contributed by atoms with Crippen molar-refractivity contribution in [3.63, 3.8) is 0 Å². The van der Waals surface area contributed by atoms with Gasteiger partial charge in [-0.25, -0.2) is 4.68 Å². The number of thioether (sulfide) groups is 1. The minimum Gasteiger partial charge on any atom is -0.385 e. The summed E-state index contributed by atoms with van der Waals surface area (Å²) in [6.07, 6.45) is 0.656. The zero-order chi connectivity index (χ0) is 18.5. The number of hydrogen-bond acceptors (Lipinski definition) is 5. The number of aromatic nitrogens is 2. The average molecular weight is 374 g/mol. The Bertz CT molecular complexity index is 819. The minimum atomic E-state index is -0.684. The van der Waals surface area contributed by atoms with E-state index in [1.165, 1.54) is 0 Å². The van der Waals surface area contributed by atoms with Gasteiger partial charge in [-0.15, -0.1) is 0 Å². The van der Waals surface area contributed by atoms with E-state index in [9.17, 15) is 9.59 Å². The van der Waals surface area contributed by atoms with E-state index in [2.05, 4.69) is 15.7 Å². The second-order valence-electron chi connectivity index (χ2n) is 6.07. The van der Waals surface area contributed by atoms with Crippen LogP contribution in [0.15, 0.2) is 24.3 Å². The molecule has 2 heterocycles. The van der Waals surface area contributed by atoms with Crippen molar-refractivity contribution in [1.29, 1.82) is 0 Å². The topological polar surface area (TPSA) is 85.2 Å². The highest BCUT2D eigenvalue weighted by Gasteiger charge is 2.26. The van der Waals surface area contributed by atoms with Crippen LogP contribution in [-0.4, -0.2) is 41.9 Å². The molecule has 0 spiro atoms. The Morgan fingerprint density at radius 1 is 1.31 bits per heavy atom. The summed E-state index contributed by atoms with van der Waals surface area (Å²) in [7, 11) is 1.60. The van der Waals surface area contributed by atoms with Gasteiger partial charge in [0.05, 0.1) is 11.4 Å². The third kappa shape index (κ3) is 4.08. The molecule has 0 unspecified atom stereocenters. The molecule has 0 saturated heterocycles. The van der Waals surface area contributed by atoms with E-state index in [-0.39, 0.29) is 0 Å². The smallest absolute Gasteiger partial charge is 0.314 e. The largest absolute Gasteiger partial charge is 0.385 e. The molecule has 0 aliphatic carbocycles. The third-order valence-electron chi connectivity index (χ3n) is 4.05. The van der Waals surface area contributed by atoms with Gasteiger partial charge in [0.2, 0.25) is 0 Å². The molecule has 2 aromatic rings. The van der Waals surface area contributed by atoms with Crippen molar-refractivity contribution in [3.8, 4) is 5.69 Å². The van der Waals surface area contributed by atoms with Crippen molar-refractivity contribution in [3.05, 3.63) is 41.1 Å². The highest BCUT2D eigenvalue weighted by Crippen LogP contribution is 2.36. The number of nitrogens with zero attached hydrogens (tertiary/aromatic N) is 2. The predicted octanol–water partition coefficient (Wildman–Crippen LogP) is 2.02. The lowest BCUT2D eigenvalue weighted by Crippen LogP contribution is -2.36. The quantitative estimate of drug-likeness (QED) is 0.597. The van der Waals surface area contributed by atoms with Gasteiger partial charge in [0.1, 0.15) is 5.82 Å². The molecule has 3 rings (SSSR count). The van der Waals surface area contributed by atoms with Crippen LogP contribution in [0, 0.1) is 6.92 Å². The average Bonchev–Trinajstić information content (AvgIpc) is 3.21. The fourth-order valence-corrected chi connectivity index (χ4v) is 3.79. The SMILES string of the molecule is COCCCNC(=O)C(=O)Nc1c2c(nn1-c1cccc(C)c1)CSC2. The zero-order valence-corrected chi connectivity index (χ0v) is 15.7. The number of anilines is 1. The summed E-state index contributed by atoms with van der Waals surface area (Å²) in [5.41, 5.74) is 3.89. The van der Waals surface area contributed by atoms with Crippen molar-refractivity contribution in [2.75, 3.05) is 25.6 Å². The molecule has 1 aromatic heterocycles. The number of hydrogen-bond donors (Lipinski definition) is 2. The van der Waals surface area contributed by atoms with Crippen LogP contribution >= 0.6 is 11.8 Å². The molecule has 1 aromatic carbocycles. The first kappa shape index (κ1) is 18.5. The second-order valence-corrected chi connectivity index (χ2v) is 7.06. The Balaban J connectivity index is 1.79. The minimum absolute atomic E-state index is 0.394. The lowest BCUT2D eigenvalue weighted by Gasteiger charge is -2.11. The normalized spacial score (nSPS) is 12.7. The van der Waals surface area contributed by atoms with Crippen LogP contribution in [0.1, 0.15) is 23.2 Å². The summed E-state index contributed by atoms with van der Waals surface area (Å²) in [5, 5.41) is 9.99. The van der Waals surface area contributed by atoms with Crippen molar-refractivity contribution >= 4 is 29.4 Å².